The molecule has 0 amide bonds. The molecule has 0 bridgehead atoms. The molecule has 0 fully saturated rings. The maximum absolute atomic E-state index is 10.7. The van der Waals surface area contributed by atoms with Gasteiger partial charge in [-0.1, -0.05) is 13.3 Å². The second-order valence-electron chi connectivity index (χ2n) is 3.07. The molecule has 0 saturated heterocycles. The Kier molecular flexibility index (Phi) is 3.87. The van der Waals surface area contributed by atoms with Gasteiger partial charge in [0, 0.05) is 0 Å². The number of hydrogen-bond acceptors (Lipinski definition) is 4. The van der Waals surface area contributed by atoms with Crippen molar-refractivity contribution in [2.24, 2.45) is 0 Å². The van der Waals surface area contributed by atoms with Gasteiger partial charge < -0.3 is 5.11 Å². The Morgan fingerprint density at radius 1 is 1.54 bits per heavy atom. The number of carboxylic acid groups (broad SMARTS) is 1. The van der Waals surface area contributed by atoms with Gasteiger partial charge >= 0.3 is 5.97 Å². The summed E-state index contributed by atoms with van der Waals surface area (Å²) < 4.78 is 26.0. The minimum atomic E-state index is -3.73. The predicted molar refractivity (Wildman–Crippen MR) is 46.9 cm³/mol. The summed E-state index contributed by atoms with van der Waals surface area (Å²) in [7, 11) is -3.73. The van der Waals surface area contributed by atoms with Gasteiger partial charge in [-0.25, -0.2) is 4.79 Å². The molecule has 78 valence electrons. The maximum Gasteiger partial charge on any atom is 0.337 e. The van der Waals surface area contributed by atoms with Gasteiger partial charge in [0.1, 0.15) is 0 Å². The molecule has 0 aliphatic heterocycles. The Balaban J connectivity index is 4.71. The Morgan fingerprint density at radius 2 is 2.00 bits per heavy atom. The number of aliphatic carboxylic acids is 1. The molecule has 1 N–H and O–H groups in total. The summed E-state index contributed by atoms with van der Waals surface area (Å²) in [5.41, 5.74) is -1.64. The Hall–Kier alpha value is -0.620. The largest absolute Gasteiger partial charge is 0.479 e. The van der Waals surface area contributed by atoms with Crippen LogP contribution in [-0.4, -0.2) is 31.4 Å². The molecule has 0 aliphatic carbocycles. The van der Waals surface area contributed by atoms with Gasteiger partial charge in [-0.05, 0) is 13.3 Å². The number of carbonyl (C=O) groups is 1. The van der Waals surface area contributed by atoms with Crippen LogP contribution in [0.5, 0.6) is 0 Å². The molecule has 0 spiro atoms. The van der Waals surface area contributed by atoms with Crippen LogP contribution < -0.4 is 0 Å². The molecule has 5 nitrogen and oxygen atoms in total. The van der Waals surface area contributed by atoms with E-state index in [2.05, 4.69) is 4.18 Å². The minimum Gasteiger partial charge on any atom is -0.479 e. The van der Waals surface area contributed by atoms with Gasteiger partial charge in [0.05, 0.1) is 6.26 Å². The average molecular weight is 210 g/mol. The van der Waals surface area contributed by atoms with Crippen LogP contribution in [0, 0.1) is 0 Å². The van der Waals surface area contributed by atoms with Crippen LogP contribution in [-0.2, 0) is 19.1 Å². The van der Waals surface area contributed by atoms with E-state index >= 15 is 0 Å². The van der Waals surface area contributed by atoms with Crippen molar-refractivity contribution in [1.29, 1.82) is 0 Å². The van der Waals surface area contributed by atoms with Crippen LogP contribution in [0.4, 0.5) is 0 Å². The molecule has 0 aromatic rings. The molecule has 0 radical (unpaired) electrons. The van der Waals surface area contributed by atoms with Crippen molar-refractivity contribution in [3.8, 4) is 0 Å². The van der Waals surface area contributed by atoms with Crippen molar-refractivity contribution >= 4 is 16.1 Å². The molecular formula is C7H14O5S. The molecule has 0 heterocycles. The van der Waals surface area contributed by atoms with Crippen LogP contribution in [0.3, 0.4) is 0 Å². The van der Waals surface area contributed by atoms with Crippen LogP contribution in [0.2, 0.25) is 0 Å². The first-order chi connectivity index (χ1) is 5.71. The normalized spacial score (nSPS) is 16.5. The van der Waals surface area contributed by atoms with E-state index in [0.29, 0.717) is 6.42 Å². The van der Waals surface area contributed by atoms with Crippen LogP contribution >= 0.6 is 0 Å². The van der Waals surface area contributed by atoms with E-state index in [-0.39, 0.29) is 6.42 Å². The van der Waals surface area contributed by atoms with Crippen LogP contribution in [0.1, 0.15) is 26.7 Å². The summed E-state index contributed by atoms with van der Waals surface area (Å²) >= 11 is 0. The Morgan fingerprint density at radius 3 is 2.23 bits per heavy atom. The highest BCUT2D eigenvalue weighted by Crippen LogP contribution is 2.20. The first kappa shape index (κ1) is 12.4. The van der Waals surface area contributed by atoms with E-state index in [1.807, 2.05) is 0 Å². The van der Waals surface area contributed by atoms with Crippen LogP contribution in [0.25, 0.3) is 0 Å². The molecule has 1 unspecified atom stereocenters. The van der Waals surface area contributed by atoms with E-state index in [9.17, 15) is 13.2 Å². The lowest BCUT2D eigenvalue weighted by Gasteiger charge is -2.22. The number of rotatable bonds is 5. The predicted octanol–water partition coefficient (Wildman–Crippen LogP) is 0.606. The van der Waals surface area contributed by atoms with E-state index in [1.165, 1.54) is 6.92 Å². The van der Waals surface area contributed by atoms with Crippen LogP contribution in [0.15, 0.2) is 0 Å². The second kappa shape index (κ2) is 4.06. The van der Waals surface area contributed by atoms with E-state index in [1.54, 1.807) is 6.92 Å². The second-order valence-corrected chi connectivity index (χ2v) is 4.65. The topological polar surface area (TPSA) is 80.7 Å². The van der Waals surface area contributed by atoms with E-state index < -0.39 is 21.7 Å². The molecule has 6 heteroatoms. The number of hydrogen-bond donors (Lipinski definition) is 1. The molecule has 0 saturated carbocycles. The quantitative estimate of drug-likeness (QED) is 0.672. The third kappa shape index (κ3) is 4.23. The smallest absolute Gasteiger partial charge is 0.337 e. The Bertz CT molecular complexity index is 281. The van der Waals surface area contributed by atoms with Gasteiger partial charge in [0.25, 0.3) is 10.1 Å². The minimum absolute atomic E-state index is 0.162. The van der Waals surface area contributed by atoms with Crippen molar-refractivity contribution in [2.45, 2.75) is 32.3 Å². The summed E-state index contributed by atoms with van der Waals surface area (Å²) in [6, 6.07) is 0. The first-order valence-corrected chi connectivity index (χ1v) is 5.67. The van der Waals surface area contributed by atoms with E-state index in [0.717, 1.165) is 6.26 Å². The fourth-order valence-corrected chi connectivity index (χ4v) is 1.82. The fraction of sp³-hybridized carbons (Fsp3) is 0.857. The van der Waals surface area contributed by atoms with Gasteiger partial charge in [-0.3, -0.25) is 4.18 Å². The van der Waals surface area contributed by atoms with E-state index in [4.69, 9.17) is 5.11 Å². The monoisotopic (exact) mass is 210 g/mol. The molecule has 13 heavy (non-hydrogen) atoms. The third-order valence-corrected chi connectivity index (χ3v) is 2.19. The zero-order valence-corrected chi connectivity index (χ0v) is 8.72. The highest BCUT2D eigenvalue weighted by Gasteiger charge is 2.37. The van der Waals surface area contributed by atoms with Crippen molar-refractivity contribution in [3.05, 3.63) is 0 Å². The van der Waals surface area contributed by atoms with Crippen molar-refractivity contribution in [1.82, 2.24) is 0 Å². The molecule has 0 rings (SSSR count). The van der Waals surface area contributed by atoms with Gasteiger partial charge in [-0.2, -0.15) is 8.42 Å². The van der Waals surface area contributed by atoms with Gasteiger partial charge in [-0.15, -0.1) is 0 Å². The molecule has 0 aromatic heterocycles. The maximum atomic E-state index is 10.7. The van der Waals surface area contributed by atoms with Gasteiger partial charge in [0.15, 0.2) is 5.60 Å². The Labute approximate surface area is 77.8 Å². The lowest BCUT2D eigenvalue weighted by molar-refractivity contribution is -0.154. The lowest BCUT2D eigenvalue weighted by atomic mass is 10.0. The lowest BCUT2D eigenvalue weighted by Crippen LogP contribution is -2.39. The van der Waals surface area contributed by atoms with Gasteiger partial charge in [0.2, 0.25) is 0 Å². The summed E-state index contributed by atoms with van der Waals surface area (Å²) in [5, 5.41) is 8.74. The zero-order valence-electron chi connectivity index (χ0n) is 7.90. The van der Waals surface area contributed by atoms with Crippen molar-refractivity contribution in [2.75, 3.05) is 6.26 Å². The SMILES string of the molecule is CCCC(C)(OS(C)(=O)=O)C(=O)O. The summed E-state index contributed by atoms with van der Waals surface area (Å²) in [6.45, 7) is 3.01. The molecule has 0 aliphatic rings. The third-order valence-electron chi connectivity index (χ3n) is 1.51. The zero-order chi connectivity index (χ0) is 10.7. The highest BCUT2D eigenvalue weighted by atomic mass is 32.2. The highest BCUT2D eigenvalue weighted by molar-refractivity contribution is 7.86. The fourth-order valence-electron chi connectivity index (χ4n) is 0.995. The molecule has 1 atom stereocenters. The molecular weight excluding hydrogens is 196 g/mol. The molecule has 0 aromatic carbocycles. The standard InChI is InChI=1S/C7H14O5S/c1-4-5-7(2,6(8)9)12-13(3,10)11/h4-5H2,1-3H3,(H,8,9). The average Bonchev–Trinajstić information content (AvgIpc) is 1.82. The van der Waals surface area contributed by atoms with Crippen molar-refractivity contribution < 1.29 is 22.5 Å². The van der Waals surface area contributed by atoms with Crippen molar-refractivity contribution in [3.63, 3.8) is 0 Å². The summed E-state index contributed by atoms with van der Waals surface area (Å²) in [5.74, 6) is -1.26. The number of carboxylic acids is 1. The summed E-state index contributed by atoms with van der Waals surface area (Å²) in [4.78, 5) is 10.7. The first-order valence-electron chi connectivity index (χ1n) is 3.85. The summed E-state index contributed by atoms with van der Waals surface area (Å²) in [6.07, 6.45) is 1.54.